The third-order valence-electron chi connectivity index (χ3n) is 4.37. The number of rotatable bonds is 6. The molecular formula is C21H22ClN3O2. The minimum atomic E-state index is -0.0647. The molecule has 2 aromatic carbocycles. The van der Waals surface area contributed by atoms with Gasteiger partial charge in [0.1, 0.15) is 0 Å². The summed E-state index contributed by atoms with van der Waals surface area (Å²) >= 11 is 6.19. The van der Waals surface area contributed by atoms with Crippen molar-refractivity contribution >= 4 is 17.5 Å². The number of hydrogen-bond donors (Lipinski definition) is 0. The van der Waals surface area contributed by atoms with E-state index in [2.05, 4.69) is 17.1 Å². The van der Waals surface area contributed by atoms with Crippen LogP contribution in [0, 0.1) is 0 Å². The van der Waals surface area contributed by atoms with Gasteiger partial charge in [0.25, 0.3) is 5.91 Å². The molecule has 1 heterocycles. The maximum absolute atomic E-state index is 12.9. The highest BCUT2D eigenvalue weighted by Gasteiger charge is 2.22. The molecule has 6 heteroatoms. The lowest BCUT2D eigenvalue weighted by Crippen LogP contribution is -2.36. The number of carbonyl (C=O) groups excluding carboxylic acids is 1. The zero-order valence-electron chi connectivity index (χ0n) is 15.6. The van der Waals surface area contributed by atoms with Crippen molar-refractivity contribution in [3.05, 3.63) is 70.6 Å². The summed E-state index contributed by atoms with van der Waals surface area (Å²) in [7, 11) is 0. The second kappa shape index (κ2) is 8.35. The van der Waals surface area contributed by atoms with E-state index in [1.807, 2.05) is 56.3 Å². The van der Waals surface area contributed by atoms with Crippen molar-refractivity contribution in [1.82, 2.24) is 15.1 Å². The summed E-state index contributed by atoms with van der Waals surface area (Å²) in [6.45, 7) is 6.25. The van der Waals surface area contributed by atoms with Crippen LogP contribution in [0.2, 0.25) is 5.02 Å². The fourth-order valence-electron chi connectivity index (χ4n) is 2.74. The van der Waals surface area contributed by atoms with Crippen LogP contribution in [-0.4, -0.2) is 27.0 Å². The largest absolute Gasteiger partial charge is 0.419 e. The molecule has 1 amide bonds. The Hall–Kier alpha value is -2.66. The zero-order valence-corrected chi connectivity index (χ0v) is 16.4. The van der Waals surface area contributed by atoms with E-state index in [4.69, 9.17) is 16.0 Å². The number of nitrogens with zero attached hydrogens (tertiary/aromatic N) is 3. The lowest BCUT2D eigenvalue weighted by atomic mass is 10.1. The van der Waals surface area contributed by atoms with Gasteiger partial charge >= 0.3 is 0 Å². The average Bonchev–Trinajstić information content (AvgIpc) is 3.14. The van der Waals surface area contributed by atoms with Gasteiger partial charge in [-0.1, -0.05) is 42.8 Å². The second-order valence-corrected chi connectivity index (χ2v) is 6.97. The minimum Gasteiger partial charge on any atom is -0.419 e. The van der Waals surface area contributed by atoms with Crippen LogP contribution in [0.3, 0.4) is 0 Å². The monoisotopic (exact) mass is 383 g/mol. The van der Waals surface area contributed by atoms with Crippen LogP contribution in [0.15, 0.2) is 52.9 Å². The Morgan fingerprint density at radius 3 is 2.44 bits per heavy atom. The van der Waals surface area contributed by atoms with Crippen molar-refractivity contribution in [2.45, 2.75) is 39.8 Å². The first-order chi connectivity index (χ1) is 13.0. The Morgan fingerprint density at radius 1 is 1.11 bits per heavy atom. The number of amides is 1. The molecule has 0 aliphatic carbocycles. The van der Waals surface area contributed by atoms with E-state index in [0.29, 0.717) is 27.9 Å². The van der Waals surface area contributed by atoms with E-state index >= 15 is 0 Å². The van der Waals surface area contributed by atoms with Crippen molar-refractivity contribution in [3.63, 3.8) is 0 Å². The molecule has 27 heavy (non-hydrogen) atoms. The van der Waals surface area contributed by atoms with E-state index in [0.717, 1.165) is 6.42 Å². The molecule has 0 bridgehead atoms. The number of aromatic nitrogens is 2. The van der Waals surface area contributed by atoms with Crippen molar-refractivity contribution in [2.24, 2.45) is 0 Å². The lowest BCUT2D eigenvalue weighted by Gasteiger charge is -2.25. The molecular weight excluding hydrogens is 362 g/mol. The molecule has 140 valence electrons. The summed E-state index contributed by atoms with van der Waals surface area (Å²) in [6.07, 6.45) is 0.940. The highest BCUT2D eigenvalue weighted by atomic mass is 35.5. The Bertz CT molecular complexity index is 919. The van der Waals surface area contributed by atoms with Gasteiger partial charge in [0.15, 0.2) is 0 Å². The molecule has 0 aliphatic heterocycles. The molecule has 0 atom stereocenters. The first kappa shape index (κ1) is 19.1. The van der Waals surface area contributed by atoms with Crippen LogP contribution >= 0.6 is 11.6 Å². The SMILES string of the molecule is CCc1ccc(C(=O)N(Cc2nnc(-c3ccccc3Cl)o2)C(C)C)cc1. The molecule has 5 nitrogen and oxygen atoms in total. The smallest absolute Gasteiger partial charge is 0.254 e. The van der Waals surface area contributed by atoms with Gasteiger partial charge in [-0.2, -0.15) is 0 Å². The molecule has 0 saturated carbocycles. The summed E-state index contributed by atoms with van der Waals surface area (Å²) < 4.78 is 5.75. The van der Waals surface area contributed by atoms with Gasteiger partial charge in [-0.3, -0.25) is 4.79 Å². The summed E-state index contributed by atoms with van der Waals surface area (Å²) in [6, 6.07) is 15.0. The standard InChI is InChI=1S/C21H22ClN3O2/c1-4-15-9-11-16(12-10-15)21(26)25(14(2)3)13-19-23-24-20(27-19)17-7-5-6-8-18(17)22/h5-12,14H,4,13H2,1-3H3. The molecule has 0 N–H and O–H groups in total. The fourth-order valence-corrected chi connectivity index (χ4v) is 2.96. The molecule has 0 radical (unpaired) electrons. The van der Waals surface area contributed by atoms with Crippen molar-refractivity contribution in [3.8, 4) is 11.5 Å². The van der Waals surface area contributed by atoms with Crippen molar-refractivity contribution in [2.75, 3.05) is 0 Å². The average molecular weight is 384 g/mol. The summed E-state index contributed by atoms with van der Waals surface area (Å²) in [5.41, 5.74) is 2.52. The van der Waals surface area contributed by atoms with Gasteiger partial charge in [0, 0.05) is 11.6 Å². The zero-order chi connectivity index (χ0) is 19.4. The predicted octanol–water partition coefficient (Wildman–Crippen LogP) is 5.00. The molecule has 0 aliphatic rings. The Labute approximate surface area is 164 Å². The van der Waals surface area contributed by atoms with E-state index in [1.54, 1.807) is 11.0 Å². The van der Waals surface area contributed by atoms with E-state index in [9.17, 15) is 4.79 Å². The van der Waals surface area contributed by atoms with Crippen LogP contribution in [0.5, 0.6) is 0 Å². The number of benzene rings is 2. The van der Waals surface area contributed by atoms with E-state index in [-0.39, 0.29) is 18.5 Å². The maximum atomic E-state index is 12.9. The molecule has 3 rings (SSSR count). The molecule has 3 aromatic rings. The normalized spacial score (nSPS) is 11.0. The molecule has 0 unspecified atom stereocenters. The van der Waals surface area contributed by atoms with Gasteiger partial charge in [-0.15, -0.1) is 10.2 Å². The third kappa shape index (κ3) is 4.37. The van der Waals surface area contributed by atoms with Crippen LogP contribution in [0.25, 0.3) is 11.5 Å². The molecule has 1 aromatic heterocycles. The highest BCUT2D eigenvalue weighted by molar-refractivity contribution is 6.33. The minimum absolute atomic E-state index is 0.0148. The number of halogens is 1. The van der Waals surface area contributed by atoms with Crippen LogP contribution < -0.4 is 0 Å². The van der Waals surface area contributed by atoms with Crippen LogP contribution in [0.4, 0.5) is 0 Å². The Balaban J connectivity index is 1.80. The summed E-state index contributed by atoms with van der Waals surface area (Å²) in [5, 5.41) is 8.71. The quantitative estimate of drug-likeness (QED) is 0.600. The van der Waals surface area contributed by atoms with E-state index < -0.39 is 0 Å². The van der Waals surface area contributed by atoms with Gasteiger partial charge in [-0.25, -0.2) is 0 Å². The van der Waals surface area contributed by atoms with Crippen molar-refractivity contribution < 1.29 is 9.21 Å². The van der Waals surface area contributed by atoms with E-state index in [1.165, 1.54) is 5.56 Å². The third-order valence-corrected chi connectivity index (χ3v) is 4.70. The number of aryl methyl sites for hydroxylation is 1. The number of carbonyl (C=O) groups is 1. The lowest BCUT2D eigenvalue weighted by molar-refractivity contribution is 0.0672. The second-order valence-electron chi connectivity index (χ2n) is 6.56. The van der Waals surface area contributed by atoms with Gasteiger partial charge in [0.05, 0.1) is 17.1 Å². The van der Waals surface area contributed by atoms with Gasteiger partial charge in [0.2, 0.25) is 11.8 Å². The number of hydrogen-bond acceptors (Lipinski definition) is 4. The predicted molar refractivity (Wildman–Crippen MR) is 106 cm³/mol. The van der Waals surface area contributed by atoms with Gasteiger partial charge in [-0.05, 0) is 50.1 Å². The highest BCUT2D eigenvalue weighted by Crippen LogP contribution is 2.26. The Morgan fingerprint density at radius 2 is 1.81 bits per heavy atom. The fraction of sp³-hybridized carbons (Fsp3) is 0.286. The van der Waals surface area contributed by atoms with Gasteiger partial charge < -0.3 is 9.32 Å². The Kier molecular flexibility index (Phi) is 5.91. The van der Waals surface area contributed by atoms with Crippen LogP contribution in [-0.2, 0) is 13.0 Å². The molecule has 0 saturated heterocycles. The molecule has 0 fully saturated rings. The van der Waals surface area contributed by atoms with Crippen molar-refractivity contribution in [1.29, 1.82) is 0 Å². The first-order valence-electron chi connectivity index (χ1n) is 8.96. The topological polar surface area (TPSA) is 59.2 Å². The molecule has 0 spiro atoms. The first-order valence-corrected chi connectivity index (χ1v) is 9.34. The summed E-state index contributed by atoms with van der Waals surface area (Å²) in [5.74, 6) is 0.654. The van der Waals surface area contributed by atoms with Crippen LogP contribution in [0.1, 0.15) is 42.6 Å². The summed E-state index contributed by atoms with van der Waals surface area (Å²) in [4.78, 5) is 14.6. The maximum Gasteiger partial charge on any atom is 0.254 e.